The number of hydrogen-bond donors (Lipinski definition) is 2. The standard InChI is InChI=1S/C22H17F6N3O6S/c23-21(24,25)12-36-17-5-13(7-29)1-3-16(17)37-19-9-31(10-20(19,33)11-32)38(34,35)18-4-2-15(22(26,27)28)6-14(18)8-30/h1-6,19,32-33H,9-12H2/t19-,20+/m0/s1. The molecule has 9 nitrogen and oxygen atoms in total. The molecule has 0 amide bonds. The lowest BCUT2D eigenvalue weighted by Crippen LogP contribution is -2.48. The predicted octanol–water partition coefficient (Wildman–Crippen LogP) is 2.57. The highest BCUT2D eigenvalue weighted by Gasteiger charge is 2.51. The maximum Gasteiger partial charge on any atom is 0.422 e. The Bertz CT molecular complexity index is 1400. The van der Waals surface area contributed by atoms with Crippen LogP contribution >= 0.6 is 0 Å². The van der Waals surface area contributed by atoms with Gasteiger partial charge in [0, 0.05) is 12.6 Å². The van der Waals surface area contributed by atoms with Crippen LogP contribution in [0.4, 0.5) is 26.3 Å². The van der Waals surface area contributed by atoms with Crippen molar-refractivity contribution in [2.45, 2.75) is 29.0 Å². The van der Waals surface area contributed by atoms with Crippen LogP contribution in [-0.2, 0) is 16.2 Å². The van der Waals surface area contributed by atoms with Crippen LogP contribution in [0.1, 0.15) is 16.7 Å². The summed E-state index contributed by atoms with van der Waals surface area (Å²) in [6.45, 7) is -4.41. The molecule has 2 aromatic rings. The van der Waals surface area contributed by atoms with Gasteiger partial charge in [0.2, 0.25) is 10.0 Å². The second-order valence-electron chi connectivity index (χ2n) is 8.16. The van der Waals surface area contributed by atoms with Crippen molar-refractivity contribution < 1.29 is 54.4 Å². The molecule has 0 radical (unpaired) electrons. The Hall–Kier alpha value is -3.57. The summed E-state index contributed by atoms with van der Waals surface area (Å²) in [4.78, 5) is -0.804. The molecular formula is C22H17F6N3O6S. The quantitative estimate of drug-likeness (QED) is 0.488. The van der Waals surface area contributed by atoms with Gasteiger partial charge in [-0.25, -0.2) is 8.42 Å². The molecule has 0 bridgehead atoms. The van der Waals surface area contributed by atoms with E-state index in [0.717, 1.165) is 18.2 Å². The first-order valence-electron chi connectivity index (χ1n) is 10.4. The van der Waals surface area contributed by atoms with Crippen molar-refractivity contribution in [3.8, 4) is 23.6 Å². The van der Waals surface area contributed by atoms with Gasteiger partial charge in [-0.15, -0.1) is 0 Å². The Balaban J connectivity index is 1.95. The Morgan fingerprint density at radius 1 is 1.05 bits per heavy atom. The van der Waals surface area contributed by atoms with E-state index in [-0.39, 0.29) is 5.56 Å². The largest absolute Gasteiger partial charge is 0.482 e. The van der Waals surface area contributed by atoms with Crippen LogP contribution in [0.3, 0.4) is 0 Å². The Morgan fingerprint density at radius 2 is 1.74 bits per heavy atom. The first-order chi connectivity index (χ1) is 17.5. The topological polar surface area (TPSA) is 144 Å². The normalized spacial score (nSPS) is 20.5. The zero-order chi connectivity index (χ0) is 28.5. The molecule has 204 valence electrons. The van der Waals surface area contributed by atoms with Gasteiger partial charge in [-0.05, 0) is 30.3 Å². The van der Waals surface area contributed by atoms with E-state index in [1.54, 1.807) is 6.07 Å². The number of sulfonamides is 1. The molecule has 2 atom stereocenters. The molecule has 1 heterocycles. The second-order valence-corrected chi connectivity index (χ2v) is 10.1. The number of halogens is 6. The molecule has 3 rings (SSSR count). The molecule has 16 heteroatoms. The minimum atomic E-state index is -4.86. The summed E-state index contributed by atoms with van der Waals surface area (Å²) in [5.74, 6) is -0.978. The molecule has 38 heavy (non-hydrogen) atoms. The van der Waals surface area contributed by atoms with Crippen LogP contribution < -0.4 is 9.47 Å². The fourth-order valence-corrected chi connectivity index (χ4v) is 5.19. The first-order valence-corrected chi connectivity index (χ1v) is 11.8. The number of ether oxygens (including phenoxy) is 2. The number of aliphatic hydroxyl groups is 2. The molecule has 0 aromatic heterocycles. The van der Waals surface area contributed by atoms with Gasteiger partial charge in [0.1, 0.15) is 17.8 Å². The summed E-state index contributed by atoms with van der Waals surface area (Å²) in [7, 11) is -4.73. The highest BCUT2D eigenvalue weighted by atomic mass is 32.2. The van der Waals surface area contributed by atoms with E-state index in [1.165, 1.54) is 6.07 Å². The van der Waals surface area contributed by atoms with Gasteiger partial charge in [-0.2, -0.15) is 41.2 Å². The van der Waals surface area contributed by atoms with Crippen LogP contribution in [-0.4, -0.2) is 67.1 Å². The number of nitrogens with zero attached hydrogens (tertiary/aromatic N) is 3. The van der Waals surface area contributed by atoms with Crippen molar-refractivity contribution in [2.24, 2.45) is 0 Å². The second kappa shape index (κ2) is 10.3. The van der Waals surface area contributed by atoms with Crippen molar-refractivity contribution in [3.63, 3.8) is 0 Å². The molecular weight excluding hydrogens is 548 g/mol. The van der Waals surface area contributed by atoms with Gasteiger partial charge in [0.15, 0.2) is 18.1 Å². The van der Waals surface area contributed by atoms with Crippen molar-refractivity contribution in [3.05, 3.63) is 53.1 Å². The van der Waals surface area contributed by atoms with Crippen LogP contribution in [0, 0.1) is 22.7 Å². The van der Waals surface area contributed by atoms with Crippen molar-refractivity contribution >= 4 is 10.0 Å². The highest BCUT2D eigenvalue weighted by molar-refractivity contribution is 7.89. The molecule has 2 N–H and O–H groups in total. The molecule has 0 spiro atoms. The number of alkyl halides is 6. The average Bonchev–Trinajstić information content (AvgIpc) is 3.19. The summed E-state index contributed by atoms with van der Waals surface area (Å²) < 4.78 is 114. The third kappa shape index (κ3) is 6.11. The van der Waals surface area contributed by atoms with E-state index >= 15 is 0 Å². The van der Waals surface area contributed by atoms with Gasteiger partial charge < -0.3 is 19.7 Å². The lowest BCUT2D eigenvalue weighted by molar-refractivity contribution is -0.153. The number of aliphatic hydroxyl groups excluding tert-OH is 1. The van der Waals surface area contributed by atoms with E-state index in [4.69, 9.17) is 10.00 Å². The fraction of sp³-hybridized carbons (Fsp3) is 0.364. The van der Waals surface area contributed by atoms with Crippen LogP contribution in [0.25, 0.3) is 0 Å². The number of hydrogen-bond acceptors (Lipinski definition) is 8. The van der Waals surface area contributed by atoms with Gasteiger partial charge in [0.25, 0.3) is 0 Å². The SMILES string of the molecule is N#Cc1ccc(O[C@H]2CN(S(=O)(=O)c3ccc(C(F)(F)F)cc3C#N)C[C@@]2(O)CO)c(OCC(F)(F)F)c1. The average molecular weight is 565 g/mol. The summed E-state index contributed by atoms with van der Waals surface area (Å²) in [6, 6.07) is 7.57. The van der Waals surface area contributed by atoms with Gasteiger partial charge in [0.05, 0.1) is 40.8 Å². The lowest BCUT2D eigenvalue weighted by Gasteiger charge is -2.27. The van der Waals surface area contributed by atoms with E-state index in [1.807, 2.05) is 0 Å². The third-order valence-electron chi connectivity index (χ3n) is 5.47. The highest BCUT2D eigenvalue weighted by Crippen LogP contribution is 2.37. The van der Waals surface area contributed by atoms with E-state index in [9.17, 15) is 50.2 Å². The number of benzene rings is 2. The van der Waals surface area contributed by atoms with Crippen molar-refractivity contribution in [1.82, 2.24) is 4.31 Å². The lowest BCUT2D eigenvalue weighted by atomic mass is 10.0. The minimum absolute atomic E-state index is 0.103. The van der Waals surface area contributed by atoms with E-state index < -0.39 is 87.9 Å². The molecule has 1 aliphatic heterocycles. The van der Waals surface area contributed by atoms with Gasteiger partial charge >= 0.3 is 12.4 Å². The smallest absolute Gasteiger partial charge is 0.422 e. The molecule has 2 aromatic carbocycles. The first kappa shape index (κ1) is 29.0. The van der Waals surface area contributed by atoms with Gasteiger partial charge in [-0.3, -0.25) is 0 Å². The van der Waals surface area contributed by atoms with Crippen LogP contribution in [0.15, 0.2) is 41.3 Å². The molecule has 1 fully saturated rings. The number of β-amino-alcohol motifs (C(OH)–C–C–N with tert-alkyl or cyclic N) is 1. The summed E-state index contributed by atoms with van der Waals surface area (Å²) in [5.41, 5.74) is -4.52. The Kier molecular flexibility index (Phi) is 7.86. The fourth-order valence-electron chi connectivity index (χ4n) is 3.57. The maximum absolute atomic E-state index is 13.2. The monoisotopic (exact) mass is 565 g/mol. The molecule has 1 saturated heterocycles. The van der Waals surface area contributed by atoms with Crippen LogP contribution in [0.5, 0.6) is 11.5 Å². The predicted molar refractivity (Wildman–Crippen MR) is 114 cm³/mol. The molecule has 0 unspecified atom stereocenters. The molecule has 1 aliphatic rings. The van der Waals surface area contributed by atoms with Gasteiger partial charge in [-0.1, -0.05) is 0 Å². The number of nitriles is 2. The molecule has 0 aliphatic carbocycles. The summed E-state index contributed by atoms with van der Waals surface area (Å²) in [6.07, 6.45) is -11.2. The summed E-state index contributed by atoms with van der Waals surface area (Å²) in [5, 5.41) is 38.9. The minimum Gasteiger partial charge on any atom is -0.482 e. The van der Waals surface area contributed by atoms with Crippen LogP contribution in [0.2, 0.25) is 0 Å². The zero-order valence-electron chi connectivity index (χ0n) is 18.9. The van der Waals surface area contributed by atoms with E-state index in [0.29, 0.717) is 22.5 Å². The maximum atomic E-state index is 13.2. The Labute approximate surface area is 211 Å². The number of rotatable bonds is 7. The zero-order valence-corrected chi connectivity index (χ0v) is 19.7. The Morgan fingerprint density at radius 3 is 2.29 bits per heavy atom. The summed E-state index contributed by atoms with van der Waals surface area (Å²) >= 11 is 0. The third-order valence-corrected chi connectivity index (χ3v) is 7.34. The molecule has 0 saturated carbocycles. The van der Waals surface area contributed by atoms with Crippen molar-refractivity contribution in [1.29, 1.82) is 10.5 Å². The van der Waals surface area contributed by atoms with E-state index in [2.05, 4.69) is 4.74 Å². The van der Waals surface area contributed by atoms with Crippen molar-refractivity contribution in [2.75, 3.05) is 26.3 Å².